The normalized spacial score (nSPS) is 15.5. The highest BCUT2D eigenvalue weighted by molar-refractivity contribution is 7.89. The lowest BCUT2D eigenvalue weighted by Gasteiger charge is -2.23. The highest BCUT2D eigenvalue weighted by atomic mass is 35.5. The third kappa shape index (κ3) is 4.57. The molecular weight excluding hydrogens is 448 g/mol. The number of nitrogens with zero attached hydrogens (tertiary/aromatic N) is 4. The molecule has 32 heavy (non-hydrogen) atoms. The van der Waals surface area contributed by atoms with Gasteiger partial charge >= 0.3 is 0 Å². The first-order valence-corrected chi connectivity index (χ1v) is 12.3. The van der Waals surface area contributed by atoms with Crippen LogP contribution in [0.5, 0.6) is 0 Å². The molecule has 0 bridgehead atoms. The minimum absolute atomic E-state index is 0.246. The van der Waals surface area contributed by atoms with Crippen LogP contribution in [0.15, 0.2) is 64.3 Å². The number of hydrogen-bond donors (Lipinski definition) is 0. The van der Waals surface area contributed by atoms with Gasteiger partial charge in [-0.15, -0.1) is 5.10 Å². The van der Waals surface area contributed by atoms with E-state index in [0.717, 1.165) is 11.1 Å². The van der Waals surface area contributed by atoms with Crippen LogP contribution < -0.4 is 10.5 Å². The first kappa shape index (κ1) is 22.5. The number of aromatic nitrogens is 2. The van der Waals surface area contributed by atoms with Gasteiger partial charge in [-0.2, -0.15) is 8.99 Å². The van der Waals surface area contributed by atoms with E-state index in [-0.39, 0.29) is 5.56 Å². The summed E-state index contributed by atoms with van der Waals surface area (Å²) in [7, 11) is -3.57. The van der Waals surface area contributed by atoms with Gasteiger partial charge < -0.3 is 4.90 Å². The summed E-state index contributed by atoms with van der Waals surface area (Å²) in [5, 5.41) is 5.10. The summed E-state index contributed by atoms with van der Waals surface area (Å²) in [4.78, 5) is 14.7. The first-order chi connectivity index (χ1) is 15.3. The van der Waals surface area contributed by atoms with Gasteiger partial charge in [0.2, 0.25) is 10.0 Å². The molecule has 9 heteroatoms. The van der Waals surface area contributed by atoms with Crippen LogP contribution in [0.3, 0.4) is 0 Å². The van der Waals surface area contributed by atoms with Crippen molar-refractivity contribution in [2.24, 2.45) is 0 Å². The predicted molar refractivity (Wildman–Crippen MR) is 126 cm³/mol. The lowest BCUT2D eigenvalue weighted by molar-refractivity contribution is 0.433. The summed E-state index contributed by atoms with van der Waals surface area (Å²) in [5.74, 6) is 0.630. The fourth-order valence-corrected chi connectivity index (χ4v) is 5.41. The highest BCUT2D eigenvalue weighted by Crippen LogP contribution is 2.22. The largest absolute Gasteiger partial charge is 0.354 e. The maximum atomic E-state index is 13.2. The minimum atomic E-state index is -3.57. The molecule has 3 aromatic rings. The van der Waals surface area contributed by atoms with E-state index in [1.54, 1.807) is 42.5 Å². The van der Waals surface area contributed by atoms with Crippen LogP contribution in [0.25, 0.3) is 5.69 Å². The Bertz CT molecular complexity index is 1290. The van der Waals surface area contributed by atoms with Crippen molar-refractivity contribution in [1.82, 2.24) is 14.1 Å². The number of anilines is 1. The molecule has 0 radical (unpaired) electrons. The van der Waals surface area contributed by atoms with Gasteiger partial charge in [-0.3, -0.25) is 4.79 Å². The second-order valence-electron chi connectivity index (χ2n) is 7.91. The van der Waals surface area contributed by atoms with E-state index in [1.165, 1.54) is 15.1 Å². The molecule has 0 unspecified atom stereocenters. The third-order valence-electron chi connectivity index (χ3n) is 5.75. The quantitative estimate of drug-likeness (QED) is 0.581. The van der Waals surface area contributed by atoms with Crippen LogP contribution in [0.1, 0.15) is 17.5 Å². The number of benzene rings is 2. The minimum Gasteiger partial charge on any atom is -0.354 e. The number of rotatable bonds is 4. The van der Waals surface area contributed by atoms with Crippen LogP contribution in [0.4, 0.5) is 5.82 Å². The van der Waals surface area contributed by atoms with Crippen molar-refractivity contribution < 1.29 is 8.42 Å². The first-order valence-electron chi connectivity index (χ1n) is 10.4. The smallest absolute Gasteiger partial charge is 0.271 e. The third-order valence-corrected chi connectivity index (χ3v) is 7.90. The summed E-state index contributed by atoms with van der Waals surface area (Å²) in [6, 6.07) is 15.3. The highest BCUT2D eigenvalue weighted by Gasteiger charge is 2.27. The Kier molecular flexibility index (Phi) is 6.37. The molecule has 4 rings (SSSR count). The molecule has 1 aliphatic heterocycles. The van der Waals surface area contributed by atoms with Gasteiger partial charge in [0, 0.05) is 37.3 Å². The molecule has 1 aliphatic rings. The molecule has 168 valence electrons. The molecule has 0 amide bonds. The van der Waals surface area contributed by atoms with Crippen LogP contribution in [0, 0.1) is 13.8 Å². The number of halogens is 1. The average Bonchev–Trinajstić information content (AvgIpc) is 3.03. The number of aryl methyl sites for hydroxylation is 2. The summed E-state index contributed by atoms with van der Waals surface area (Å²) in [6.45, 7) is 5.78. The average molecular weight is 473 g/mol. The molecule has 0 saturated carbocycles. The molecule has 0 atom stereocenters. The zero-order chi connectivity index (χ0) is 22.9. The molecule has 2 heterocycles. The van der Waals surface area contributed by atoms with Gasteiger partial charge in [-0.1, -0.05) is 17.7 Å². The van der Waals surface area contributed by atoms with Crippen molar-refractivity contribution in [1.29, 1.82) is 0 Å². The van der Waals surface area contributed by atoms with Crippen molar-refractivity contribution in [2.45, 2.75) is 25.2 Å². The molecule has 1 saturated heterocycles. The Morgan fingerprint density at radius 3 is 2.34 bits per heavy atom. The molecule has 0 spiro atoms. The maximum Gasteiger partial charge on any atom is 0.271 e. The molecule has 1 aromatic heterocycles. The van der Waals surface area contributed by atoms with Gasteiger partial charge in [0.05, 0.1) is 10.6 Å². The topological polar surface area (TPSA) is 75.5 Å². The summed E-state index contributed by atoms with van der Waals surface area (Å²) >= 11 is 5.95. The van der Waals surface area contributed by atoms with E-state index in [2.05, 4.69) is 5.10 Å². The van der Waals surface area contributed by atoms with Crippen molar-refractivity contribution in [2.75, 3.05) is 31.1 Å². The van der Waals surface area contributed by atoms with Crippen molar-refractivity contribution in [3.05, 3.63) is 81.1 Å². The molecule has 0 N–H and O–H groups in total. The van der Waals surface area contributed by atoms with E-state index >= 15 is 0 Å². The van der Waals surface area contributed by atoms with Crippen molar-refractivity contribution in [3.8, 4) is 5.69 Å². The fraction of sp³-hybridized carbons (Fsp3) is 0.304. The Labute approximate surface area is 192 Å². The van der Waals surface area contributed by atoms with Crippen LogP contribution >= 0.6 is 11.6 Å². The van der Waals surface area contributed by atoms with Crippen LogP contribution in [-0.2, 0) is 10.0 Å². The molecule has 7 nitrogen and oxygen atoms in total. The Hall–Kier alpha value is -2.68. The SMILES string of the molecule is Cc1ccc(S(=O)(=O)N2CCCN(c3ccc(=O)n(-c4ccc(Cl)cc4)n3)CC2)cc1C. The maximum absolute atomic E-state index is 13.2. The van der Waals surface area contributed by atoms with Gasteiger partial charge in [-0.05, 0) is 73.9 Å². The van der Waals surface area contributed by atoms with Crippen LogP contribution in [0.2, 0.25) is 5.02 Å². The Morgan fingerprint density at radius 2 is 1.62 bits per heavy atom. The second-order valence-corrected chi connectivity index (χ2v) is 10.3. The van der Waals surface area contributed by atoms with Gasteiger partial charge in [0.25, 0.3) is 5.56 Å². The summed E-state index contributed by atoms with van der Waals surface area (Å²) in [5.41, 5.74) is 2.39. The fourth-order valence-electron chi connectivity index (χ4n) is 3.72. The van der Waals surface area contributed by atoms with Crippen molar-refractivity contribution >= 4 is 27.4 Å². The van der Waals surface area contributed by atoms with E-state index < -0.39 is 10.0 Å². The number of hydrogen-bond acceptors (Lipinski definition) is 5. The van der Waals surface area contributed by atoms with Gasteiger partial charge in [-0.25, -0.2) is 8.42 Å². The molecule has 1 fully saturated rings. The Balaban J connectivity index is 1.56. The van der Waals surface area contributed by atoms with E-state index in [1.807, 2.05) is 24.8 Å². The second kappa shape index (κ2) is 9.05. The lowest BCUT2D eigenvalue weighted by Crippen LogP contribution is -2.36. The standard InChI is InChI=1S/C23H25ClN4O3S/c1-17-4-9-21(16-18(17)2)32(30,31)27-13-3-12-26(14-15-27)22-10-11-23(29)28(25-22)20-7-5-19(24)6-8-20/h4-11,16H,3,12-15H2,1-2H3. The van der Waals surface area contributed by atoms with E-state index in [9.17, 15) is 13.2 Å². The lowest BCUT2D eigenvalue weighted by atomic mass is 10.1. The van der Waals surface area contributed by atoms with E-state index in [4.69, 9.17) is 11.6 Å². The summed E-state index contributed by atoms with van der Waals surface area (Å²) < 4.78 is 29.3. The predicted octanol–water partition coefficient (Wildman–Crippen LogP) is 3.40. The van der Waals surface area contributed by atoms with E-state index in [0.29, 0.717) is 54.0 Å². The van der Waals surface area contributed by atoms with Gasteiger partial charge in [0.15, 0.2) is 0 Å². The molecule has 0 aliphatic carbocycles. The zero-order valence-electron chi connectivity index (χ0n) is 18.0. The van der Waals surface area contributed by atoms with Crippen LogP contribution in [-0.4, -0.2) is 48.7 Å². The Morgan fingerprint density at radius 1 is 0.875 bits per heavy atom. The molecular formula is C23H25ClN4O3S. The molecule has 2 aromatic carbocycles. The summed E-state index contributed by atoms with van der Waals surface area (Å²) in [6.07, 6.45) is 0.659. The number of sulfonamides is 1. The van der Waals surface area contributed by atoms with Crippen molar-refractivity contribution in [3.63, 3.8) is 0 Å². The van der Waals surface area contributed by atoms with Gasteiger partial charge in [0.1, 0.15) is 5.82 Å². The monoisotopic (exact) mass is 472 g/mol. The zero-order valence-corrected chi connectivity index (χ0v) is 19.6.